The SMILES string of the molecule is CCc1ccccc1NC(=O)Nc1ccc(Oc2cc(-n3nc(C)c(C)c3C)ncn2)cc1. The van der Waals surface area contributed by atoms with Gasteiger partial charge < -0.3 is 15.4 Å². The van der Waals surface area contributed by atoms with Gasteiger partial charge >= 0.3 is 6.03 Å². The van der Waals surface area contributed by atoms with E-state index < -0.39 is 0 Å². The van der Waals surface area contributed by atoms with Crippen LogP contribution in [0.5, 0.6) is 11.6 Å². The fraction of sp³-hybridized carbons (Fsp3) is 0.200. The quantitative estimate of drug-likeness (QED) is 0.406. The topological polar surface area (TPSA) is 94.0 Å². The lowest BCUT2D eigenvalue weighted by molar-refractivity contribution is 0.262. The van der Waals surface area contributed by atoms with Crippen molar-refractivity contribution in [3.05, 3.63) is 83.4 Å². The molecule has 2 aromatic heterocycles. The van der Waals surface area contributed by atoms with Crippen LogP contribution in [0.4, 0.5) is 16.2 Å². The molecule has 8 heteroatoms. The molecule has 33 heavy (non-hydrogen) atoms. The average Bonchev–Trinajstić information content (AvgIpc) is 3.08. The smallest absolute Gasteiger partial charge is 0.323 e. The molecule has 0 fully saturated rings. The van der Waals surface area contributed by atoms with Gasteiger partial charge in [0, 0.05) is 23.1 Å². The van der Waals surface area contributed by atoms with Gasteiger partial charge in [-0.15, -0.1) is 0 Å². The zero-order valence-electron chi connectivity index (χ0n) is 19.1. The zero-order chi connectivity index (χ0) is 23.4. The summed E-state index contributed by atoms with van der Waals surface area (Å²) in [5.41, 5.74) is 5.63. The lowest BCUT2D eigenvalue weighted by Crippen LogP contribution is -2.20. The molecule has 168 valence electrons. The van der Waals surface area contributed by atoms with E-state index in [0.29, 0.717) is 23.1 Å². The summed E-state index contributed by atoms with van der Waals surface area (Å²) in [7, 11) is 0. The van der Waals surface area contributed by atoms with Crippen LogP contribution in [0, 0.1) is 20.8 Å². The van der Waals surface area contributed by atoms with Crippen LogP contribution in [-0.2, 0) is 6.42 Å². The monoisotopic (exact) mass is 442 g/mol. The maximum atomic E-state index is 12.4. The minimum absolute atomic E-state index is 0.301. The predicted octanol–water partition coefficient (Wildman–Crippen LogP) is 5.59. The van der Waals surface area contributed by atoms with E-state index in [2.05, 4.69) is 32.6 Å². The second kappa shape index (κ2) is 9.52. The van der Waals surface area contributed by atoms with E-state index in [1.807, 2.05) is 45.0 Å². The van der Waals surface area contributed by atoms with Gasteiger partial charge in [-0.25, -0.2) is 19.4 Å². The van der Waals surface area contributed by atoms with E-state index in [4.69, 9.17) is 4.74 Å². The molecule has 0 unspecified atom stereocenters. The third-order valence-electron chi connectivity index (χ3n) is 5.48. The first-order valence-corrected chi connectivity index (χ1v) is 10.7. The highest BCUT2D eigenvalue weighted by atomic mass is 16.5. The van der Waals surface area contributed by atoms with Gasteiger partial charge in [0.2, 0.25) is 5.88 Å². The molecule has 8 nitrogen and oxygen atoms in total. The molecule has 2 N–H and O–H groups in total. The molecule has 2 heterocycles. The minimum Gasteiger partial charge on any atom is -0.439 e. The summed E-state index contributed by atoms with van der Waals surface area (Å²) in [6.07, 6.45) is 2.29. The Morgan fingerprint density at radius 3 is 2.45 bits per heavy atom. The third-order valence-corrected chi connectivity index (χ3v) is 5.48. The van der Waals surface area contributed by atoms with Gasteiger partial charge in [-0.1, -0.05) is 25.1 Å². The molecule has 0 aliphatic heterocycles. The van der Waals surface area contributed by atoms with Crippen LogP contribution in [0.25, 0.3) is 5.82 Å². The van der Waals surface area contributed by atoms with Gasteiger partial charge in [0.25, 0.3) is 0 Å². The van der Waals surface area contributed by atoms with Gasteiger partial charge in [-0.05, 0) is 68.7 Å². The summed E-state index contributed by atoms with van der Waals surface area (Å²) in [6.45, 7) is 8.05. The van der Waals surface area contributed by atoms with Crippen LogP contribution in [0.15, 0.2) is 60.9 Å². The van der Waals surface area contributed by atoms with E-state index >= 15 is 0 Å². The lowest BCUT2D eigenvalue weighted by Gasteiger charge is -2.11. The number of hydrogen-bond acceptors (Lipinski definition) is 5. The number of ether oxygens (including phenoxy) is 1. The molecule has 4 rings (SSSR count). The van der Waals surface area contributed by atoms with E-state index in [-0.39, 0.29) is 6.03 Å². The average molecular weight is 443 g/mol. The van der Waals surface area contributed by atoms with Gasteiger partial charge in [-0.3, -0.25) is 0 Å². The molecule has 2 aromatic carbocycles. The Balaban J connectivity index is 1.42. The lowest BCUT2D eigenvalue weighted by atomic mass is 10.1. The molecular formula is C25H26N6O2. The standard InChI is InChI=1S/C25H26N6O2/c1-5-19-8-6-7-9-22(19)29-25(32)28-20-10-12-21(13-11-20)33-24-14-23(26-15-27-24)31-18(4)16(2)17(3)30-31/h6-15H,5H2,1-4H3,(H2,28,29,32). The number of benzene rings is 2. The normalized spacial score (nSPS) is 10.7. The summed E-state index contributed by atoms with van der Waals surface area (Å²) in [4.78, 5) is 20.9. The summed E-state index contributed by atoms with van der Waals surface area (Å²) < 4.78 is 7.66. The van der Waals surface area contributed by atoms with Crippen molar-refractivity contribution < 1.29 is 9.53 Å². The van der Waals surface area contributed by atoms with Gasteiger partial charge in [0.15, 0.2) is 5.82 Å². The highest BCUT2D eigenvalue weighted by molar-refractivity contribution is 6.00. The molecule has 0 aliphatic rings. The van der Waals surface area contributed by atoms with Crippen molar-refractivity contribution in [1.29, 1.82) is 0 Å². The number of anilines is 2. The summed E-state index contributed by atoms with van der Waals surface area (Å²) in [5, 5.41) is 10.3. The van der Waals surface area contributed by atoms with Crippen LogP contribution >= 0.6 is 0 Å². The Bertz CT molecular complexity index is 1280. The third kappa shape index (κ3) is 5.01. The van der Waals surface area contributed by atoms with Crippen LogP contribution < -0.4 is 15.4 Å². The maximum absolute atomic E-state index is 12.4. The first kappa shape index (κ1) is 22.0. The second-order valence-corrected chi connectivity index (χ2v) is 7.64. The summed E-state index contributed by atoms with van der Waals surface area (Å²) in [5.74, 6) is 1.63. The number of carbonyl (C=O) groups is 1. The maximum Gasteiger partial charge on any atom is 0.323 e. The Hall–Kier alpha value is -4.20. The van der Waals surface area contributed by atoms with Crippen LogP contribution in [0.1, 0.15) is 29.4 Å². The molecule has 2 amide bonds. The van der Waals surface area contributed by atoms with Crippen LogP contribution in [0.3, 0.4) is 0 Å². The molecule has 0 aliphatic carbocycles. The van der Waals surface area contributed by atoms with Crippen molar-refractivity contribution in [2.75, 3.05) is 10.6 Å². The van der Waals surface area contributed by atoms with Crippen molar-refractivity contribution in [1.82, 2.24) is 19.7 Å². The number of para-hydroxylation sites is 1. The zero-order valence-corrected chi connectivity index (χ0v) is 19.1. The van der Waals surface area contributed by atoms with E-state index in [0.717, 1.165) is 34.6 Å². The van der Waals surface area contributed by atoms with Gasteiger partial charge in [0.1, 0.15) is 12.1 Å². The molecule has 4 aromatic rings. The Labute approximate surface area is 192 Å². The Morgan fingerprint density at radius 2 is 1.76 bits per heavy atom. The number of aromatic nitrogens is 4. The highest BCUT2D eigenvalue weighted by Crippen LogP contribution is 2.24. The Kier molecular flexibility index (Phi) is 6.35. The molecule has 0 saturated carbocycles. The van der Waals surface area contributed by atoms with Crippen molar-refractivity contribution >= 4 is 17.4 Å². The van der Waals surface area contributed by atoms with Crippen LogP contribution in [-0.4, -0.2) is 25.8 Å². The first-order valence-electron chi connectivity index (χ1n) is 10.7. The number of nitrogens with one attached hydrogen (secondary N) is 2. The second-order valence-electron chi connectivity index (χ2n) is 7.64. The summed E-state index contributed by atoms with van der Waals surface area (Å²) >= 11 is 0. The number of aryl methyl sites for hydroxylation is 2. The largest absolute Gasteiger partial charge is 0.439 e. The van der Waals surface area contributed by atoms with Gasteiger partial charge in [0.05, 0.1) is 5.69 Å². The molecule has 0 saturated heterocycles. The summed E-state index contributed by atoms with van der Waals surface area (Å²) in [6, 6.07) is 16.3. The highest BCUT2D eigenvalue weighted by Gasteiger charge is 2.12. The number of nitrogens with zero attached hydrogens (tertiary/aromatic N) is 4. The van der Waals surface area contributed by atoms with Crippen LogP contribution in [0.2, 0.25) is 0 Å². The number of amides is 2. The molecule has 0 radical (unpaired) electrons. The number of carbonyl (C=O) groups excluding carboxylic acids is 1. The molecule has 0 spiro atoms. The van der Waals surface area contributed by atoms with Crippen molar-refractivity contribution in [2.45, 2.75) is 34.1 Å². The minimum atomic E-state index is -0.301. The number of urea groups is 1. The van der Waals surface area contributed by atoms with Crippen molar-refractivity contribution in [2.24, 2.45) is 0 Å². The van der Waals surface area contributed by atoms with Gasteiger partial charge in [-0.2, -0.15) is 5.10 Å². The van der Waals surface area contributed by atoms with Crippen molar-refractivity contribution in [3.63, 3.8) is 0 Å². The molecule has 0 bridgehead atoms. The van der Waals surface area contributed by atoms with Crippen molar-refractivity contribution in [3.8, 4) is 17.4 Å². The predicted molar refractivity (Wildman–Crippen MR) is 128 cm³/mol. The first-order chi connectivity index (χ1) is 15.9. The number of rotatable bonds is 6. The Morgan fingerprint density at radius 1 is 1.00 bits per heavy atom. The fourth-order valence-electron chi connectivity index (χ4n) is 3.41. The fourth-order valence-corrected chi connectivity index (χ4v) is 3.41. The molecular weight excluding hydrogens is 416 g/mol. The van der Waals surface area contributed by atoms with E-state index in [1.54, 1.807) is 35.0 Å². The van der Waals surface area contributed by atoms with E-state index in [1.165, 1.54) is 6.33 Å². The van der Waals surface area contributed by atoms with E-state index in [9.17, 15) is 4.79 Å². The molecule has 0 atom stereocenters. The number of hydrogen-bond donors (Lipinski definition) is 2.